The van der Waals surface area contributed by atoms with Gasteiger partial charge in [-0.15, -0.1) is 0 Å². The van der Waals surface area contributed by atoms with Gasteiger partial charge in [-0.3, -0.25) is 19.2 Å². The van der Waals surface area contributed by atoms with Gasteiger partial charge in [-0.1, -0.05) is 59.3 Å². The van der Waals surface area contributed by atoms with E-state index in [0.29, 0.717) is 12.8 Å². The lowest BCUT2D eigenvalue weighted by Crippen LogP contribution is -2.51. The van der Waals surface area contributed by atoms with Gasteiger partial charge in [0, 0.05) is 6.42 Å². The first-order chi connectivity index (χ1) is 13.5. The van der Waals surface area contributed by atoms with Crippen molar-refractivity contribution in [1.29, 1.82) is 0 Å². The molecule has 0 fully saturated rings. The summed E-state index contributed by atoms with van der Waals surface area (Å²) in [6, 6.07) is -0.895. The third-order valence-corrected chi connectivity index (χ3v) is 4.96. The number of aliphatic carboxylic acids is 1. The lowest BCUT2D eigenvalue weighted by Gasteiger charge is -2.26. The Morgan fingerprint density at radius 3 is 1.97 bits per heavy atom. The summed E-state index contributed by atoms with van der Waals surface area (Å²) in [6.45, 7) is 8.41. The van der Waals surface area contributed by atoms with E-state index in [1.807, 2.05) is 13.8 Å². The number of carboxylic acids is 1. The highest BCUT2D eigenvalue weighted by atomic mass is 16.4. The Morgan fingerprint density at radius 2 is 1.45 bits per heavy atom. The normalized spacial score (nSPS) is 12.5. The van der Waals surface area contributed by atoms with Gasteiger partial charge >= 0.3 is 5.97 Å². The van der Waals surface area contributed by atoms with Crippen LogP contribution >= 0.6 is 0 Å². The minimum Gasteiger partial charge on any atom is -0.481 e. The summed E-state index contributed by atoms with van der Waals surface area (Å²) in [6.07, 6.45) is 8.51. The number of amides is 2. The molecule has 0 heterocycles. The maximum absolute atomic E-state index is 12.6. The van der Waals surface area contributed by atoms with E-state index in [2.05, 4.69) is 17.6 Å². The Balaban J connectivity index is 4.39. The van der Waals surface area contributed by atoms with Crippen molar-refractivity contribution in [2.24, 2.45) is 11.3 Å². The SMILES string of the molecule is CCCCCCCCCC(=O)NCC(=O)NC(CC(C)C)C(=O)C(C)(C)C(=O)O. The maximum atomic E-state index is 12.6. The average molecular weight is 413 g/mol. The molecule has 0 aromatic carbocycles. The predicted octanol–water partition coefficient (Wildman–Crippen LogP) is 3.45. The summed E-state index contributed by atoms with van der Waals surface area (Å²) >= 11 is 0. The van der Waals surface area contributed by atoms with Crippen LogP contribution in [0.15, 0.2) is 0 Å². The van der Waals surface area contributed by atoms with Gasteiger partial charge in [-0.25, -0.2) is 0 Å². The van der Waals surface area contributed by atoms with Crippen LogP contribution in [0.5, 0.6) is 0 Å². The topological polar surface area (TPSA) is 113 Å². The molecule has 2 amide bonds. The smallest absolute Gasteiger partial charge is 0.316 e. The summed E-state index contributed by atoms with van der Waals surface area (Å²) in [5.41, 5.74) is -1.59. The van der Waals surface area contributed by atoms with Crippen molar-refractivity contribution in [1.82, 2.24) is 10.6 Å². The summed E-state index contributed by atoms with van der Waals surface area (Å²) in [5.74, 6) is -2.35. The molecule has 3 N–H and O–H groups in total. The number of carbonyl (C=O) groups excluding carboxylic acids is 3. The van der Waals surface area contributed by atoms with E-state index >= 15 is 0 Å². The molecule has 29 heavy (non-hydrogen) atoms. The lowest BCUT2D eigenvalue weighted by atomic mass is 9.82. The highest BCUT2D eigenvalue weighted by Crippen LogP contribution is 2.21. The first-order valence-corrected chi connectivity index (χ1v) is 10.9. The summed E-state index contributed by atoms with van der Waals surface area (Å²) < 4.78 is 0. The molecule has 0 aromatic rings. The summed E-state index contributed by atoms with van der Waals surface area (Å²) in [7, 11) is 0. The second-order valence-electron chi connectivity index (χ2n) is 8.69. The van der Waals surface area contributed by atoms with Crippen LogP contribution in [0.25, 0.3) is 0 Å². The van der Waals surface area contributed by atoms with E-state index in [0.717, 1.165) is 19.3 Å². The molecule has 1 atom stereocenters. The monoisotopic (exact) mass is 412 g/mol. The molecule has 0 rings (SSSR count). The fourth-order valence-electron chi connectivity index (χ4n) is 3.00. The van der Waals surface area contributed by atoms with Crippen LogP contribution in [-0.2, 0) is 19.2 Å². The number of ketones is 1. The minimum absolute atomic E-state index is 0.0979. The molecule has 7 nitrogen and oxygen atoms in total. The number of rotatable bonds is 16. The number of carboxylic acid groups (broad SMARTS) is 1. The second kappa shape index (κ2) is 14.1. The molecule has 168 valence electrons. The van der Waals surface area contributed by atoms with E-state index in [1.165, 1.54) is 39.5 Å². The number of carbonyl (C=O) groups is 4. The zero-order valence-corrected chi connectivity index (χ0v) is 18.8. The van der Waals surface area contributed by atoms with E-state index in [9.17, 15) is 24.3 Å². The molecule has 0 saturated heterocycles. The number of nitrogens with one attached hydrogen (secondary N) is 2. The predicted molar refractivity (Wildman–Crippen MR) is 113 cm³/mol. The third-order valence-electron chi connectivity index (χ3n) is 4.96. The average Bonchev–Trinajstić information content (AvgIpc) is 2.63. The molecule has 0 spiro atoms. The Bertz CT molecular complexity index is 543. The number of Topliss-reactive ketones (excluding diaryl/α,β-unsaturated/α-hetero) is 1. The van der Waals surface area contributed by atoms with E-state index < -0.39 is 29.1 Å². The van der Waals surface area contributed by atoms with Crippen LogP contribution in [-0.4, -0.2) is 41.3 Å². The second-order valence-corrected chi connectivity index (χ2v) is 8.69. The fourth-order valence-corrected chi connectivity index (χ4v) is 3.00. The third kappa shape index (κ3) is 11.6. The highest BCUT2D eigenvalue weighted by Gasteiger charge is 2.40. The summed E-state index contributed by atoms with van der Waals surface area (Å²) in [5, 5.41) is 14.4. The van der Waals surface area contributed by atoms with Crippen LogP contribution in [0.3, 0.4) is 0 Å². The molecule has 1 unspecified atom stereocenters. The van der Waals surface area contributed by atoms with Crippen LogP contribution in [0, 0.1) is 11.3 Å². The minimum atomic E-state index is -1.59. The van der Waals surface area contributed by atoms with Gasteiger partial charge in [0.1, 0.15) is 5.41 Å². The van der Waals surface area contributed by atoms with Crippen LogP contribution in [0.1, 0.15) is 92.4 Å². The van der Waals surface area contributed by atoms with Crippen molar-refractivity contribution in [2.75, 3.05) is 6.54 Å². The van der Waals surface area contributed by atoms with Gasteiger partial charge < -0.3 is 15.7 Å². The van der Waals surface area contributed by atoms with Crippen molar-refractivity contribution in [2.45, 2.75) is 98.4 Å². The Morgan fingerprint density at radius 1 is 0.897 bits per heavy atom. The Hall–Kier alpha value is -1.92. The van der Waals surface area contributed by atoms with E-state index in [1.54, 1.807) is 0 Å². The van der Waals surface area contributed by atoms with Crippen molar-refractivity contribution >= 4 is 23.6 Å². The molecular formula is C22H40N2O5. The van der Waals surface area contributed by atoms with Gasteiger partial charge in [0.05, 0.1) is 12.6 Å². The number of hydrogen-bond acceptors (Lipinski definition) is 4. The molecule has 0 aliphatic carbocycles. The molecule has 0 aliphatic rings. The van der Waals surface area contributed by atoms with Gasteiger partial charge in [-0.2, -0.15) is 0 Å². The molecular weight excluding hydrogens is 372 g/mol. The van der Waals surface area contributed by atoms with Crippen LogP contribution in [0.4, 0.5) is 0 Å². The van der Waals surface area contributed by atoms with Gasteiger partial charge in [0.2, 0.25) is 11.8 Å². The zero-order valence-electron chi connectivity index (χ0n) is 18.8. The fraction of sp³-hybridized carbons (Fsp3) is 0.818. The lowest BCUT2D eigenvalue weighted by molar-refractivity contribution is -0.154. The molecule has 0 bridgehead atoms. The maximum Gasteiger partial charge on any atom is 0.316 e. The largest absolute Gasteiger partial charge is 0.481 e. The first kappa shape index (κ1) is 27.1. The molecule has 0 saturated carbocycles. The van der Waals surface area contributed by atoms with Crippen LogP contribution < -0.4 is 10.6 Å². The Kier molecular flexibility index (Phi) is 13.2. The van der Waals surface area contributed by atoms with Crippen molar-refractivity contribution < 1.29 is 24.3 Å². The van der Waals surface area contributed by atoms with E-state index in [-0.39, 0.29) is 18.4 Å². The Labute approximate surface area is 175 Å². The van der Waals surface area contributed by atoms with Crippen LogP contribution in [0.2, 0.25) is 0 Å². The number of unbranched alkanes of at least 4 members (excludes halogenated alkanes) is 6. The van der Waals surface area contributed by atoms with Gasteiger partial charge in [-0.05, 0) is 32.6 Å². The summed E-state index contributed by atoms with van der Waals surface area (Å²) in [4.78, 5) is 48.0. The van der Waals surface area contributed by atoms with Crippen molar-refractivity contribution in [3.05, 3.63) is 0 Å². The number of hydrogen-bond donors (Lipinski definition) is 3. The molecule has 7 heteroatoms. The molecule has 0 radical (unpaired) electrons. The quantitative estimate of drug-likeness (QED) is 0.265. The molecule has 0 aromatic heterocycles. The van der Waals surface area contributed by atoms with Crippen molar-refractivity contribution in [3.8, 4) is 0 Å². The van der Waals surface area contributed by atoms with E-state index in [4.69, 9.17) is 0 Å². The van der Waals surface area contributed by atoms with Crippen molar-refractivity contribution in [3.63, 3.8) is 0 Å². The molecule has 0 aliphatic heterocycles. The standard InChI is InChI=1S/C22H40N2O5/c1-6-7-8-9-10-11-12-13-18(25)23-15-19(26)24-17(14-16(2)3)20(27)22(4,5)21(28)29/h16-17H,6-15H2,1-5H3,(H,23,25)(H,24,26)(H,28,29). The zero-order chi connectivity index (χ0) is 22.4. The highest BCUT2D eigenvalue weighted by molar-refractivity contribution is 6.06. The van der Waals surface area contributed by atoms with Gasteiger partial charge in [0.15, 0.2) is 5.78 Å². The van der Waals surface area contributed by atoms with Gasteiger partial charge in [0.25, 0.3) is 0 Å². The first-order valence-electron chi connectivity index (χ1n) is 10.9.